The Morgan fingerprint density at radius 3 is 2.43 bits per heavy atom. The summed E-state index contributed by atoms with van der Waals surface area (Å²) in [7, 11) is 0. The lowest BCUT2D eigenvalue weighted by Gasteiger charge is -2.12. The molecule has 0 amide bonds. The third kappa shape index (κ3) is 4.62. The number of rotatable bonds is 6. The topological polar surface area (TPSA) is 44.5 Å². The lowest BCUT2D eigenvalue weighted by Crippen LogP contribution is -2.14. The molecule has 0 aromatic heterocycles. The molecule has 0 saturated carbocycles. The second kappa shape index (κ2) is 7.29. The van der Waals surface area contributed by atoms with E-state index in [0.29, 0.717) is 29.5 Å². The van der Waals surface area contributed by atoms with E-state index in [2.05, 4.69) is 0 Å². The van der Waals surface area contributed by atoms with Crippen molar-refractivity contribution < 1.29 is 9.47 Å². The number of nitrogens with two attached hydrogens (primary N) is 1. The minimum Gasteiger partial charge on any atom is -0.490 e. The molecule has 0 aliphatic carbocycles. The Morgan fingerprint density at radius 2 is 1.76 bits per heavy atom. The molecule has 3 nitrogen and oxygen atoms in total. The second-order valence-corrected chi connectivity index (χ2v) is 5.39. The maximum Gasteiger partial charge on any atom is 0.129 e. The summed E-state index contributed by atoms with van der Waals surface area (Å²) in [6.45, 7) is 2.86. The summed E-state index contributed by atoms with van der Waals surface area (Å²) in [6.07, 6.45) is 0. The highest BCUT2D eigenvalue weighted by Gasteiger charge is 2.07. The molecule has 0 bridgehead atoms. The van der Waals surface area contributed by atoms with Crippen LogP contribution in [-0.4, -0.2) is 18.2 Å². The predicted octanol–water partition coefficient (Wildman–Crippen LogP) is 3.74. The molecule has 5 heteroatoms. The molecule has 0 saturated heterocycles. The maximum atomic E-state index is 5.92. The van der Waals surface area contributed by atoms with E-state index in [9.17, 15) is 0 Å². The molecule has 0 fully saturated rings. The molecule has 2 aromatic rings. The molecule has 0 heterocycles. The van der Waals surface area contributed by atoms with Crippen molar-refractivity contribution in [3.05, 3.63) is 58.6 Å². The largest absolute Gasteiger partial charge is 0.490 e. The molecular formula is C16H16ClNO2S. The SMILES string of the molecule is Cc1ccc(OCCOc2ccc(Cl)cc2C(N)=S)cc1. The smallest absolute Gasteiger partial charge is 0.129 e. The normalized spacial score (nSPS) is 10.2. The standard InChI is InChI=1S/C16H16ClNO2S/c1-11-2-5-13(6-3-11)19-8-9-20-15-7-4-12(17)10-14(15)16(18)21/h2-7,10H,8-9H2,1H3,(H2,18,21). The fourth-order valence-electron chi connectivity index (χ4n) is 1.77. The Balaban J connectivity index is 1.89. The van der Waals surface area contributed by atoms with Crippen LogP contribution in [0.15, 0.2) is 42.5 Å². The molecule has 0 unspecified atom stereocenters. The maximum absolute atomic E-state index is 5.92. The zero-order valence-electron chi connectivity index (χ0n) is 11.6. The van der Waals surface area contributed by atoms with Crippen molar-refractivity contribution in [3.8, 4) is 11.5 Å². The summed E-state index contributed by atoms with van der Waals surface area (Å²) < 4.78 is 11.2. The fraction of sp³-hybridized carbons (Fsp3) is 0.188. The Labute approximate surface area is 134 Å². The molecule has 2 N–H and O–H groups in total. The van der Waals surface area contributed by atoms with Gasteiger partial charge in [-0.25, -0.2) is 0 Å². The van der Waals surface area contributed by atoms with Crippen molar-refractivity contribution in [1.29, 1.82) is 0 Å². The third-order valence-electron chi connectivity index (χ3n) is 2.84. The van der Waals surface area contributed by atoms with Crippen LogP contribution in [0.2, 0.25) is 5.02 Å². The van der Waals surface area contributed by atoms with E-state index in [0.717, 1.165) is 5.75 Å². The number of halogens is 1. The zero-order valence-corrected chi connectivity index (χ0v) is 13.2. The molecule has 0 aliphatic heterocycles. The van der Waals surface area contributed by atoms with Gasteiger partial charge in [0, 0.05) is 5.02 Å². The van der Waals surface area contributed by atoms with E-state index in [4.69, 9.17) is 39.0 Å². The van der Waals surface area contributed by atoms with E-state index in [1.54, 1.807) is 18.2 Å². The van der Waals surface area contributed by atoms with Gasteiger partial charge in [-0.15, -0.1) is 0 Å². The van der Waals surface area contributed by atoms with Gasteiger partial charge in [0.1, 0.15) is 29.7 Å². The summed E-state index contributed by atoms with van der Waals surface area (Å²) in [4.78, 5) is 0.256. The first-order valence-corrected chi connectivity index (χ1v) is 7.26. The van der Waals surface area contributed by atoms with Crippen LogP contribution in [0.5, 0.6) is 11.5 Å². The van der Waals surface area contributed by atoms with Crippen molar-refractivity contribution in [1.82, 2.24) is 0 Å². The first kappa shape index (κ1) is 15.6. The monoisotopic (exact) mass is 321 g/mol. The molecule has 21 heavy (non-hydrogen) atoms. The molecule has 110 valence electrons. The van der Waals surface area contributed by atoms with Crippen LogP contribution in [0.25, 0.3) is 0 Å². The van der Waals surface area contributed by atoms with Crippen LogP contribution < -0.4 is 15.2 Å². The highest BCUT2D eigenvalue weighted by molar-refractivity contribution is 7.80. The van der Waals surface area contributed by atoms with Crippen molar-refractivity contribution >= 4 is 28.8 Å². The molecule has 0 atom stereocenters. The van der Waals surface area contributed by atoms with Crippen molar-refractivity contribution in [2.45, 2.75) is 6.92 Å². The number of hydrogen-bond donors (Lipinski definition) is 1. The van der Waals surface area contributed by atoms with Crippen LogP contribution in [-0.2, 0) is 0 Å². The highest BCUT2D eigenvalue weighted by atomic mass is 35.5. The van der Waals surface area contributed by atoms with Gasteiger partial charge in [0.25, 0.3) is 0 Å². The molecule has 0 aliphatic rings. The molecule has 0 spiro atoms. The number of ether oxygens (including phenoxy) is 2. The zero-order chi connectivity index (χ0) is 15.2. The summed E-state index contributed by atoms with van der Waals surface area (Å²) in [5.74, 6) is 1.43. The average molecular weight is 322 g/mol. The van der Waals surface area contributed by atoms with Crippen molar-refractivity contribution in [3.63, 3.8) is 0 Å². The van der Waals surface area contributed by atoms with E-state index >= 15 is 0 Å². The van der Waals surface area contributed by atoms with Crippen LogP contribution in [0, 0.1) is 6.92 Å². The van der Waals surface area contributed by atoms with Gasteiger partial charge in [0.2, 0.25) is 0 Å². The molecule has 2 rings (SSSR count). The Bertz CT molecular complexity index is 629. The van der Waals surface area contributed by atoms with Gasteiger partial charge in [0.05, 0.1) is 5.56 Å². The first-order valence-electron chi connectivity index (χ1n) is 6.48. The Hall–Kier alpha value is -1.78. The number of benzene rings is 2. The van der Waals surface area contributed by atoms with Crippen molar-refractivity contribution in [2.24, 2.45) is 5.73 Å². The van der Waals surface area contributed by atoms with Crippen LogP contribution in [0.1, 0.15) is 11.1 Å². The number of aryl methyl sites for hydroxylation is 1. The van der Waals surface area contributed by atoms with Crippen LogP contribution >= 0.6 is 23.8 Å². The first-order chi connectivity index (χ1) is 10.1. The lowest BCUT2D eigenvalue weighted by atomic mass is 10.2. The second-order valence-electron chi connectivity index (χ2n) is 4.51. The van der Waals surface area contributed by atoms with Crippen molar-refractivity contribution in [2.75, 3.05) is 13.2 Å². The van der Waals surface area contributed by atoms with Gasteiger partial charge < -0.3 is 15.2 Å². The highest BCUT2D eigenvalue weighted by Crippen LogP contribution is 2.23. The quantitative estimate of drug-likeness (QED) is 0.650. The van der Waals surface area contributed by atoms with Gasteiger partial charge in [-0.3, -0.25) is 0 Å². The minimum atomic E-state index is 0.256. The molecule has 0 radical (unpaired) electrons. The fourth-order valence-corrected chi connectivity index (χ4v) is 2.10. The molecular weight excluding hydrogens is 306 g/mol. The minimum absolute atomic E-state index is 0.256. The van der Waals surface area contributed by atoms with Gasteiger partial charge in [-0.05, 0) is 37.3 Å². The van der Waals surface area contributed by atoms with Gasteiger partial charge in [-0.1, -0.05) is 41.5 Å². The lowest BCUT2D eigenvalue weighted by molar-refractivity contribution is 0.217. The summed E-state index contributed by atoms with van der Waals surface area (Å²) >= 11 is 10.9. The van der Waals surface area contributed by atoms with E-state index in [-0.39, 0.29) is 4.99 Å². The van der Waals surface area contributed by atoms with E-state index in [1.165, 1.54) is 5.56 Å². The summed E-state index contributed by atoms with van der Waals surface area (Å²) in [5, 5.41) is 0.570. The van der Waals surface area contributed by atoms with E-state index in [1.807, 2.05) is 31.2 Å². The third-order valence-corrected chi connectivity index (χ3v) is 3.29. The van der Waals surface area contributed by atoms with Gasteiger partial charge >= 0.3 is 0 Å². The van der Waals surface area contributed by atoms with Gasteiger partial charge in [0.15, 0.2) is 0 Å². The average Bonchev–Trinajstić information content (AvgIpc) is 2.46. The number of thiocarbonyl (C=S) groups is 1. The predicted molar refractivity (Wildman–Crippen MR) is 89.5 cm³/mol. The van der Waals surface area contributed by atoms with Crippen LogP contribution in [0.3, 0.4) is 0 Å². The number of hydrogen-bond acceptors (Lipinski definition) is 3. The summed E-state index contributed by atoms with van der Waals surface area (Å²) in [5.41, 5.74) is 7.48. The van der Waals surface area contributed by atoms with Crippen LogP contribution in [0.4, 0.5) is 0 Å². The Morgan fingerprint density at radius 1 is 1.10 bits per heavy atom. The van der Waals surface area contributed by atoms with E-state index < -0.39 is 0 Å². The summed E-state index contributed by atoms with van der Waals surface area (Å²) in [6, 6.07) is 13.0. The van der Waals surface area contributed by atoms with Gasteiger partial charge in [-0.2, -0.15) is 0 Å². The Kier molecular flexibility index (Phi) is 5.42. The molecule has 2 aromatic carbocycles.